The fourth-order valence-electron chi connectivity index (χ4n) is 8.35. The third kappa shape index (κ3) is 6.98. The number of carbonyl (C=O) groups is 4. The Morgan fingerprint density at radius 1 is 0.517 bits per heavy atom. The number of hydrogen-bond acceptors (Lipinski definition) is 12. The molecular formula is C46H50N2O10. The molecular weight excluding hydrogens is 741 g/mol. The average Bonchev–Trinajstić information content (AvgIpc) is 3.71. The summed E-state index contributed by atoms with van der Waals surface area (Å²) in [4.78, 5) is 65.8. The summed E-state index contributed by atoms with van der Waals surface area (Å²) >= 11 is 0. The molecule has 0 spiro atoms. The molecule has 2 fully saturated rings. The molecule has 4 aliphatic heterocycles. The van der Waals surface area contributed by atoms with Crippen molar-refractivity contribution in [3.8, 4) is 0 Å². The first-order chi connectivity index (χ1) is 27.6. The van der Waals surface area contributed by atoms with Gasteiger partial charge < -0.3 is 18.9 Å². The van der Waals surface area contributed by atoms with Gasteiger partial charge in [-0.2, -0.15) is 0 Å². The molecule has 4 heterocycles. The van der Waals surface area contributed by atoms with Gasteiger partial charge >= 0.3 is 23.9 Å². The SMILES string of the molecule is COC(=O)[C@@]1(C(=O)OC(C)(C)C)C[C@@H](c2ccccc2)N2O[C@H]1c1ccccc12.COC(=O)[C@]1(C(=O)OC(C)(C)C)C[C@H](c2ccccc2)N2O[C@@H]1c1ccccc12. The number of hydroxylamine groups is 2. The number of para-hydroxylation sites is 2. The van der Waals surface area contributed by atoms with Crippen molar-refractivity contribution in [1.29, 1.82) is 0 Å². The van der Waals surface area contributed by atoms with E-state index >= 15 is 0 Å². The second kappa shape index (κ2) is 15.2. The molecule has 4 aromatic carbocycles. The van der Waals surface area contributed by atoms with Gasteiger partial charge in [-0.05, 0) is 64.8 Å². The van der Waals surface area contributed by atoms with E-state index in [4.69, 9.17) is 28.6 Å². The number of methoxy groups -OCH3 is 2. The van der Waals surface area contributed by atoms with Crippen molar-refractivity contribution in [3.05, 3.63) is 131 Å². The standard InChI is InChI=1S/2C23H25NO5/c2*1-22(2,3)28-21(26)23(20(25)27-4)14-18(15-10-6-5-7-11-15)24-17-13-9-8-12-16(17)19(23)29-24/h2*5-13,18-19H,14H2,1-4H3/t2*18-,19-,23+/m10/s1. The lowest BCUT2D eigenvalue weighted by atomic mass is 9.73. The number of anilines is 2. The highest BCUT2D eigenvalue weighted by atomic mass is 16.7. The molecule has 12 heteroatoms. The summed E-state index contributed by atoms with van der Waals surface area (Å²) in [6, 6.07) is 34.0. The van der Waals surface area contributed by atoms with Crippen LogP contribution in [0.1, 0.15) is 101 Å². The summed E-state index contributed by atoms with van der Waals surface area (Å²) < 4.78 is 21.7. The van der Waals surface area contributed by atoms with Gasteiger partial charge in [-0.15, -0.1) is 0 Å². The van der Waals surface area contributed by atoms with Crippen molar-refractivity contribution in [2.45, 2.75) is 89.9 Å². The van der Waals surface area contributed by atoms with E-state index in [1.807, 2.05) is 109 Å². The predicted octanol–water partition coefficient (Wildman–Crippen LogP) is 8.25. The van der Waals surface area contributed by atoms with E-state index in [0.29, 0.717) is 0 Å². The van der Waals surface area contributed by atoms with E-state index in [1.165, 1.54) is 14.2 Å². The van der Waals surface area contributed by atoms with Gasteiger partial charge in [0.05, 0.1) is 37.7 Å². The molecule has 12 nitrogen and oxygen atoms in total. The lowest BCUT2D eigenvalue weighted by Crippen LogP contribution is -2.53. The number of nitrogens with zero attached hydrogens (tertiary/aromatic N) is 2. The smallest absolute Gasteiger partial charge is 0.327 e. The van der Waals surface area contributed by atoms with Crippen LogP contribution in [0.4, 0.5) is 11.4 Å². The summed E-state index contributed by atoms with van der Waals surface area (Å²) in [5, 5.41) is 3.61. The zero-order chi connectivity index (χ0) is 41.6. The van der Waals surface area contributed by atoms with E-state index in [2.05, 4.69) is 0 Å². The van der Waals surface area contributed by atoms with E-state index < -0.39 is 58.1 Å². The third-order valence-corrected chi connectivity index (χ3v) is 10.8. The molecule has 304 valence electrons. The molecule has 0 amide bonds. The number of ether oxygens (including phenoxy) is 4. The Kier molecular flexibility index (Phi) is 10.6. The minimum atomic E-state index is -1.61. The molecule has 0 aromatic heterocycles. The lowest BCUT2D eigenvalue weighted by Gasteiger charge is -2.43. The van der Waals surface area contributed by atoms with Crippen molar-refractivity contribution in [3.63, 3.8) is 0 Å². The van der Waals surface area contributed by atoms with Gasteiger partial charge in [0.15, 0.2) is 10.8 Å². The fraction of sp³-hybridized carbons (Fsp3) is 0.391. The van der Waals surface area contributed by atoms with Gasteiger partial charge in [-0.3, -0.25) is 28.9 Å². The Morgan fingerprint density at radius 3 is 1.17 bits per heavy atom. The molecule has 8 rings (SSSR count). The molecule has 0 unspecified atom stereocenters. The molecule has 0 aliphatic carbocycles. The van der Waals surface area contributed by atoms with E-state index in [0.717, 1.165) is 33.6 Å². The number of carbonyl (C=O) groups excluding carboxylic acids is 4. The number of fused-ring (bicyclic) bond motifs is 10. The zero-order valence-corrected chi connectivity index (χ0v) is 34.1. The molecule has 4 aromatic rings. The summed E-state index contributed by atoms with van der Waals surface area (Å²) in [5.41, 5.74) is 0.424. The first-order valence-electron chi connectivity index (χ1n) is 19.4. The highest BCUT2D eigenvalue weighted by Crippen LogP contribution is 2.61. The second-order valence-electron chi connectivity index (χ2n) is 16.9. The van der Waals surface area contributed by atoms with Crippen LogP contribution in [0.2, 0.25) is 0 Å². The molecule has 58 heavy (non-hydrogen) atoms. The molecule has 4 bridgehead atoms. The summed E-state index contributed by atoms with van der Waals surface area (Å²) in [6.07, 6.45) is -1.22. The second-order valence-corrected chi connectivity index (χ2v) is 16.9. The van der Waals surface area contributed by atoms with E-state index in [-0.39, 0.29) is 24.9 Å². The molecule has 2 saturated heterocycles. The molecule has 6 atom stereocenters. The van der Waals surface area contributed by atoms with Crippen LogP contribution in [0.3, 0.4) is 0 Å². The van der Waals surface area contributed by atoms with Crippen LogP contribution in [0.15, 0.2) is 109 Å². The number of rotatable bonds is 6. The van der Waals surface area contributed by atoms with Crippen LogP contribution in [-0.4, -0.2) is 49.3 Å². The molecule has 4 aliphatic rings. The van der Waals surface area contributed by atoms with Gasteiger partial charge in [0.25, 0.3) is 0 Å². The van der Waals surface area contributed by atoms with Crippen LogP contribution in [0, 0.1) is 10.8 Å². The first-order valence-corrected chi connectivity index (χ1v) is 19.4. The van der Waals surface area contributed by atoms with Crippen molar-refractivity contribution in [2.24, 2.45) is 10.8 Å². The maximum Gasteiger partial charge on any atom is 0.327 e. The van der Waals surface area contributed by atoms with Gasteiger partial charge in [0, 0.05) is 24.0 Å². The minimum Gasteiger partial charge on any atom is -0.468 e. The van der Waals surface area contributed by atoms with Crippen molar-refractivity contribution in [1.82, 2.24) is 0 Å². The maximum atomic E-state index is 13.5. The minimum absolute atomic E-state index is 0.192. The van der Waals surface area contributed by atoms with Crippen molar-refractivity contribution < 1.29 is 47.8 Å². The third-order valence-electron chi connectivity index (χ3n) is 10.8. The predicted molar refractivity (Wildman–Crippen MR) is 214 cm³/mol. The molecule has 0 saturated carbocycles. The highest BCUT2D eigenvalue weighted by Gasteiger charge is 2.66. The van der Waals surface area contributed by atoms with E-state index in [1.54, 1.807) is 51.7 Å². The number of esters is 4. The normalized spacial score (nSPS) is 25.3. The largest absolute Gasteiger partial charge is 0.468 e. The molecule has 0 radical (unpaired) electrons. The van der Waals surface area contributed by atoms with Crippen LogP contribution < -0.4 is 10.1 Å². The van der Waals surface area contributed by atoms with Gasteiger partial charge in [-0.1, -0.05) is 97.1 Å². The van der Waals surface area contributed by atoms with Gasteiger partial charge in [0.1, 0.15) is 23.4 Å². The van der Waals surface area contributed by atoms with Crippen LogP contribution >= 0.6 is 0 Å². The Hall–Kier alpha value is -5.72. The summed E-state index contributed by atoms with van der Waals surface area (Å²) in [5.74, 6) is -2.54. The monoisotopic (exact) mass is 790 g/mol. The Bertz CT molecular complexity index is 2030. The zero-order valence-electron chi connectivity index (χ0n) is 34.1. The Morgan fingerprint density at radius 2 is 0.845 bits per heavy atom. The quantitative estimate of drug-likeness (QED) is 0.106. The lowest BCUT2D eigenvalue weighted by molar-refractivity contribution is -0.202. The van der Waals surface area contributed by atoms with Gasteiger partial charge in [-0.25, -0.2) is 10.1 Å². The van der Waals surface area contributed by atoms with Crippen molar-refractivity contribution in [2.75, 3.05) is 24.3 Å². The number of benzene rings is 4. The maximum absolute atomic E-state index is 13.5. The Labute approximate surface area is 338 Å². The summed E-state index contributed by atoms with van der Waals surface area (Å²) in [7, 11) is 2.58. The van der Waals surface area contributed by atoms with Crippen molar-refractivity contribution >= 4 is 35.3 Å². The van der Waals surface area contributed by atoms with Crippen LogP contribution in [0.25, 0.3) is 0 Å². The summed E-state index contributed by atoms with van der Waals surface area (Å²) in [6.45, 7) is 10.7. The van der Waals surface area contributed by atoms with E-state index in [9.17, 15) is 19.2 Å². The fourth-order valence-corrected chi connectivity index (χ4v) is 8.35. The highest BCUT2D eigenvalue weighted by molar-refractivity contribution is 6.03. The van der Waals surface area contributed by atoms with Crippen LogP contribution in [-0.2, 0) is 47.8 Å². The first kappa shape index (κ1) is 40.5. The average molecular weight is 791 g/mol. The number of hydrogen-bond donors (Lipinski definition) is 0. The Balaban J connectivity index is 0.000000177. The van der Waals surface area contributed by atoms with Gasteiger partial charge in [0.2, 0.25) is 0 Å². The molecule has 0 N–H and O–H groups in total. The topological polar surface area (TPSA) is 130 Å². The van der Waals surface area contributed by atoms with Crippen LogP contribution in [0.5, 0.6) is 0 Å².